The molecule has 1 heterocycles. The van der Waals surface area contributed by atoms with Crippen molar-refractivity contribution in [3.8, 4) is 0 Å². The monoisotopic (exact) mass is 415 g/mol. The number of sulfonamides is 1. The normalized spacial score (nSPS) is 15.0. The third-order valence-corrected chi connectivity index (χ3v) is 7.08. The Kier molecular flexibility index (Phi) is 7.25. The first-order chi connectivity index (χ1) is 12.7. The van der Waals surface area contributed by atoms with Crippen molar-refractivity contribution in [2.75, 3.05) is 39.8 Å². The fraction of sp³-hybridized carbons (Fsp3) is 0.556. The highest BCUT2D eigenvalue weighted by atomic mass is 35.5. The summed E-state index contributed by atoms with van der Waals surface area (Å²) in [5, 5.41) is 0.0836. The van der Waals surface area contributed by atoms with Gasteiger partial charge < -0.3 is 9.80 Å². The number of carbonyl (C=O) groups excluding carboxylic acids is 2. The van der Waals surface area contributed by atoms with Crippen LogP contribution in [0.1, 0.15) is 37.0 Å². The summed E-state index contributed by atoms with van der Waals surface area (Å²) in [5.41, 5.74) is 0.187. The van der Waals surface area contributed by atoms with Crippen LogP contribution in [-0.2, 0) is 14.8 Å². The minimum absolute atomic E-state index is 0.0691. The quantitative estimate of drug-likeness (QED) is 0.682. The molecule has 7 nitrogen and oxygen atoms in total. The van der Waals surface area contributed by atoms with Crippen LogP contribution < -0.4 is 0 Å². The summed E-state index contributed by atoms with van der Waals surface area (Å²) in [6, 6.07) is 4.19. The molecule has 0 saturated carbocycles. The second-order valence-corrected chi connectivity index (χ2v) is 8.80. The van der Waals surface area contributed by atoms with Crippen molar-refractivity contribution in [2.24, 2.45) is 0 Å². The van der Waals surface area contributed by atoms with Crippen LogP contribution in [0.3, 0.4) is 0 Å². The van der Waals surface area contributed by atoms with E-state index >= 15 is 0 Å². The zero-order valence-corrected chi connectivity index (χ0v) is 17.5. The predicted octanol–water partition coefficient (Wildman–Crippen LogP) is 2.06. The Morgan fingerprint density at radius 3 is 2.30 bits per heavy atom. The van der Waals surface area contributed by atoms with Gasteiger partial charge in [-0.3, -0.25) is 9.59 Å². The van der Waals surface area contributed by atoms with Crippen molar-refractivity contribution in [1.82, 2.24) is 14.1 Å². The lowest BCUT2D eigenvalue weighted by molar-refractivity contribution is -0.131. The van der Waals surface area contributed by atoms with Crippen molar-refractivity contribution >= 4 is 33.4 Å². The van der Waals surface area contributed by atoms with E-state index in [2.05, 4.69) is 0 Å². The Labute approximate surface area is 165 Å². The molecule has 0 aromatic heterocycles. The second kappa shape index (κ2) is 9.03. The average molecular weight is 416 g/mol. The molecule has 1 aliphatic rings. The van der Waals surface area contributed by atoms with E-state index in [1.807, 2.05) is 13.8 Å². The summed E-state index contributed by atoms with van der Waals surface area (Å²) in [6.45, 7) is 5.71. The molecule has 0 aliphatic carbocycles. The lowest BCUT2D eigenvalue weighted by atomic mass is 10.2. The fourth-order valence-electron chi connectivity index (χ4n) is 3.07. The molecule has 1 aromatic rings. The molecule has 2 rings (SSSR count). The largest absolute Gasteiger partial charge is 0.342 e. The summed E-state index contributed by atoms with van der Waals surface area (Å²) in [4.78, 5) is 27.8. The minimum Gasteiger partial charge on any atom is -0.342 e. The zero-order chi connectivity index (χ0) is 20.2. The van der Waals surface area contributed by atoms with Gasteiger partial charge in [0.25, 0.3) is 5.91 Å². The topological polar surface area (TPSA) is 78.0 Å². The van der Waals surface area contributed by atoms with Crippen LogP contribution in [0.25, 0.3) is 0 Å². The van der Waals surface area contributed by atoms with Gasteiger partial charge in [0.1, 0.15) is 4.90 Å². The Bertz CT molecular complexity index is 803. The van der Waals surface area contributed by atoms with E-state index in [9.17, 15) is 18.0 Å². The molecule has 2 amide bonds. The summed E-state index contributed by atoms with van der Waals surface area (Å²) >= 11 is 6.12. The SMILES string of the molecule is CCN(CC)C(=O)CN(C)C(=O)c1ccc(Cl)c(S(=O)(=O)N2CCCC2)c1. The van der Waals surface area contributed by atoms with Gasteiger partial charge in [-0.1, -0.05) is 11.6 Å². The van der Waals surface area contributed by atoms with E-state index in [4.69, 9.17) is 11.6 Å². The first-order valence-corrected chi connectivity index (χ1v) is 10.9. The molecular weight excluding hydrogens is 390 g/mol. The van der Waals surface area contributed by atoms with Crippen LogP contribution in [0.2, 0.25) is 5.02 Å². The van der Waals surface area contributed by atoms with Gasteiger partial charge in [0, 0.05) is 38.8 Å². The lowest BCUT2D eigenvalue weighted by Crippen LogP contribution is -2.41. The van der Waals surface area contributed by atoms with Gasteiger partial charge in [-0.2, -0.15) is 4.31 Å². The Hall–Kier alpha value is -1.64. The molecule has 1 aliphatic heterocycles. The maximum Gasteiger partial charge on any atom is 0.254 e. The fourth-order valence-corrected chi connectivity index (χ4v) is 5.09. The Morgan fingerprint density at radius 2 is 1.74 bits per heavy atom. The van der Waals surface area contributed by atoms with Gasteiger partial charge in [-0.15, -0.1) is 0 Å². The standard InChI is InChI=1S/C18H26ClN3O4S/c1-4-21(5-2)17(23)13-20(3)18(24)14-8-9-15(19)16(12-14)27(25,26)22-10-6-7-11-22/h8-9,12H,4-7,10-11,13H2,1-3H3. The number of likely N-dealkylation sites (N-methyl/N-ethyl adjacent to an activating group) is 2. The Morgan fingerprint density at radius 1 is 1.15 bits per heavy atom. The van der Waals surface area contributed by atoms with Crippen LogP contribution in [0.4, 0.5) is 0 Å². The molecule has 0 radical (unpaired) electrons. The van der Waals surface area contributed by atoms with Crippen molar-refractivity contribution in [3.05, 3.63) is 28.8 Å². The van der Waals surface area contributed by atoms with Gasteiger partial charge >= 0.3 is 0 Å². The van der Waals surface area contributed by atoms with Gasteiger partial charge in [0.15, 0.2) is 0 Å². The van der Waals surface area contributed by atoms with E-state index in [1.54, 1.807) is 4.90 Å². The summed E-state index contributed by atoms with van der Waals surface area (Å²) < 4.78 is 27.0. The molecule has 0 bridgehead atoms. The minimum atomic E-state index is -3.74. The molecule has 27 heavy (non-hydrogen) atoms. The summed E-state index contributed by atoms with van der Waals surface area (Å²) in [5.74, 6) is -0.584. The summed E-state index contributed by atoms with van der Waals surface area (Å²) in [6.07, 6.45) is 1.62. The maximum atomic E-state index is 12.8. The number of hydrogen-bond acceptors (Lipinski definition) is 4. The predicted molar refractivity (Wildman–Crippen MR) is 104 cm³/mol. The molecule has 9 heteroatoms. The molecule has 0 spiro atoms. The van der Waals surface area contributed by atoms with Gasteiger partial charge in [0.05, 0.1) is 11.6 Å². The van der Waals surface area contributed by atoms with Crippen molar-refractivity contribution in [1.29, 1.82) is 0 Å². The molecule has 0 N–H and O–H groups in total. The summed E-state index contributed by atoms with van der Waals surface area (Å²) in [7, 11) is -2.22. The smallest absolute Gasteiger partial charge is 0.254 e. The van der Waals surface area contributed by atoms with Gasteiger partial charge in [-0.05, 0) is 44.9 Å². The Balaban J connectivity index is 2.23. The van der Waals surface area contributed by atoms with Crippen LogP contribution in [0, 0.1) is 0 Å². The van der Waals surface area contributed by atoms with E-state index in [1.165, 1.54) is 34.5 Å². The molecule has 1 aromatic carbocycles. The van der Waals surface area contributed by atoms with E-state index < -0.39 is 15.9 Å². The third kappa shape index (κ3) is 4.80. The van der Waals surface area contributed by atoms with Crippen molar-refractivity contribution < 1.29 is 18.0 Å². The van der Waals surface area contributed by atoms with Crippen LogP contribution in [-0.4, -0.2) is 74.1 Å². The molecule has 150 valence electrons. The number of nitrogens with zero attached hydrogens (tertiary/aromatic N) is 3. The molecule has 1 saturated heterocycles. The first-order valence-electron chi connectivity index (χ1n) is 9.05. The number of amides is 2. The maximum absolute atomic E-state index is 12.8. The highest BCUT2D eigenvalue weighted by Gasteiger charge is 2.30. The molecular formula is C18H26ClN3O4S. The van der Waals surface area contributed by atoms with Crippen molar-refractivity contribution in [2.45, 2.75) is 31.6 Å². The van der Waals surface area contributed by atoms with Gasteiger partial charge in [-0.25, -0.2) is 8.42 Å². The van der Waals surface area contributed by atoms with Gasteiger partial charge in [0.2, 0.25) is 15.9 Å². The van der Waals surface area contributed by atoms with Crippen LogP contribution >= 0.6 is 11.6 Å². The molecule has 0 unspecified atom stereocenters. The molecule has 0 atom stereocenters. The number of rotatable bonds is 7. The molecule has 1 fully saturated rings. The highest BCUT2D eigenvalue weighted by molar-refractivity contribution is 7.89. The van der Waals surface area contributed by atoms with Crippen molar-refractivity contribution in [3.63, 3.8) is 0 Å². The first kappa shape index (κ1) is 21.7. The third-order valence-electron chi connectivity index (χ3n) is 4.70. The zero-order valence-electron chi connectivity index (χ0n) is 15.9. The van der Waals surface area contributed by atoms with E-state index in [0.717, 1.165) is 12.8 Å². The number of hydrogen-bond donors (Lipinski definition) is 0. The number of benzene rings is 1. The number of halogens is 1. The number of carbonyl (C=O) groups is 2. The van der Waals surface area contributed by atoms with Crippen LogP contribution in [0.15, 0.2) is 23.1 Å². The van der Waals surface area contributed by atoms with E-state index in [-0.39, 0.29) is 27.9 Å². The second-order valence-electron chi connectivity index (χ2n) is 6.48. The lowest BCUT2D eigenvalue weighted by Gasteiger charge is -2.23. The van der Waals surface area contributed by atoms with E-state index in [0.29, 0.717) is 26.2 Å². The van der Waals surface area contributed by atoms with Crippen LogP contribution in [0.5, 0.6) is 0 Å². The average Bonchev–Trinajstić information content (AvgIpc) is 3.18. The highest BCUT2D eigenvalue weighted by Crippen LogP contribution is 2.28.